The lowest BCUT2D eigenvalue weighted by Gasteiger charge is -2.20. The molecular formula is C10H20N4O5. The van der Waals surface area contributed by atoms with Crippen LogP contribution in [-0.2, 0) is 14.4 Å². The SMILES string of the molecule is NCCC[C@@H](NN[C@@H](CC(N)=O)CC(=O)O)C(=O)O. The summed E-state index contributed by atoms with van der Waals surface area (Å²) in [7, 11) is 0. The summed E-state index contributed by atoms with van der Waals surface area (Å²) < 4.78 is 0. The maximum atomic E-state index is 10.9. The van der Waals surface area contributed by atoms with Crippen molar-refractivity contribution in [2.75, 3.05) is 6.54 Å². The fraction of sp³-hybridized carbons (Fsp3) is 0.700. The number of carbonyl (C=O) groups excluding carboxylic acids is 1. The Morgan fingerprint density at radius 2 is 1.74 bits per heavy atom. The highest BCUT2D eigenvalue weighted by Crippen LogP contribution is 1.99. The Morgan fingerprint density at radius 1 is 1.11 bits per heavy atom. The zero-order chi connectivity index (χ0) is 14.8. The van der Waals surface area contributed by atoms with Gasteiger partial charge in [0.05, 0.1) is 6.42 Å². The van der Waals surface area contributed by atoms with E-state index < -0.39 is 29.9 Å². The molecule has 8 N–H and O–H groups in total. The number of nitrogens with one attached hydrogen (secondary N) is 2. The van der Waals surface area contributed by atoms with Gasteiger partial charge < -0.3 is 21.7 Å². The second-order valence-electron chi connectivity index (χ2n) is 4.08. The van der Waals surface area contributed by atoms with Crippen LogP contribution in [0.3, 0.4) is 0 Å². The normalized spacial score (nSPS) is 13.7. The van der Waals surface area contributed by atoms with Gasteiger partial charge in [0, 0.05) is 12.5 Å². The van der Waals surface area contributed by atoms with Crippen molar-refractivity contribution >= 4 is 17.8 Å². The number of primary amides is 1. The van der Waals surface area contributed by atoms with Crippen LogP contribution in [0.15, 0.2) is 0 Å². The summed E-state index contributed by atoms with van der Waals surface area (Å²) in [5, 5.41) is 17.6. The highest BCUT2D eigenvalue weighted by Gasteiger charge is 2.20. The number of rotatable bonds is 11. The van der Waals surface area contributed by atoms with Crippen molar-refractivity contribution in [1.29, 1.82) is 0 Å². The number of carboxylic acids is 2. The quantitative estimate of drug-likeness (QED) is 0.235. The minimum absolute atomic E-state index is 0.206. The lowest BCUT2D eigenvalue weighted by atomic mass is 10.1. The van der Waals surface area contributed by atoms with Crippen molar-refractivity contribution in [3.8, 4) is 0 Å². The molecular weight excluding hydrogens is 256 g/mol. The number of hydrogen-bond acceptors (Lipinski definition) is 6. The summed E-state index contributed by atoms with van der Waals surface area (Å²) in [5.74, 6) is -2.88. The first-order chi connectivity index (χ1) is 8.86. The first-order valence-corrected chi connectivity index (χ1v) is 5.80. The summed E-state index contributed by atoms with van der Waals surface area (Å²) in [6, 6.07) is -1.68. The number of aliphatic carboxylic acids is 2. The molecule has 19 heavy (non-hydrogen) atoms. The molecule has 0 bridgehead atoms. The largest absolute Gasteiger partial charge is 0.481 e. The van der Waals surface area contributed by atoms with Gasteiger partial charge >= 0.3 is 11.9 Å². The van der Waals surface area contributed by atoms with Gasteiger partial charge in [0.1, 0.15) is 6.04 Å². The number of hydrazine groups is 1. The Morgan fingerprint density at radius 3 is 2.16 bits per heavy atom. The first-order valence-electron chi connectivity index (χ1n) is 5.80. The monoisotopic (exact) mass is 276 g/mol. The molecule has 0 radical (unpaired) electrons. The van der Waals surface area contributed by atoms with Crippen molar-refractivity contribution in [1.82, 2.24) is 10.9 Å². The van der Waals surface area contributed by atoms with E-state index in [1.807, 2.05) is 0 Å². The Labute approximate surface area is 110 Å². The van der Waals surface area contributed by atoms with E-state index in [2.05, 4.69) is 10.9 Å². The van der Waals surface area contributed by atoms with Crippen LogP contribution in [-0.4, -0.2) is 46.7 Å². The molecule has 0 aromatic rings. The highest BCUT2D eigenvalue weighted by atomic mass is 16.4. The van der Waals surface area contributed by atoms with Crippen LogP contribution < -0.4 is 22.3 Å². The predicted molar refractivity (Wildman–Crippen MR) is 65.8 cm³/mol. The van der Waals surface area contributed by atoms with E-state index in [1.165, 1.54) is 0 Å². The number of carboxylic acid groups (broad SMARTS) is 2. The second kappa shape index (κ2) is 9.25. The van der Waals surface area contributed by atoms with E-state index >= 15 is 0 Å². The Kier molecular flexibility index (Phi) is 8.42. The van der Waals surface area contributed by atoms with Crippen LogP contribution in [0.25, 0.3) is 0 Å². The highest BCUT2D eigenvalue weighted by molar-refractivity contribution is 5.76. The van der Waals surface area contributed by atoms with Crippen molar-refractivity contribution in [3.63, 3.8) is 0 Å². The van der Waals surface area contributed by atoms with E-state index in [1.54, 1.807) is 0 Å². The molecule has 0 saturated carbocycles. The van der Waals surface area contributed by atoms with Crippen LogP contribution in [0.4, 0.5) is 0 Å². The molecule has 0 saturated heterocycles. The third kappa shape index (κ3) is 8.94. The molecule has 0 rings (SSSR count). The fourth-order valence-corrected chi connectivity index (χ4v) is 1.43. The summed E-state index contributed by atoms with van der Waals surface area (Å²) in [6.45, 7) is 0.352. The Hall–Kier alpha value is -1.71. The van der Waals surface area contributed by atoms with Crippen molar-refractivity contribution in [2.24, 2.45) is 11.5 Å². The maximum Gasteiger partial charge on any atom is 0.322 e. The fourth-order valence-electron chi connectivity index (χ4n) is 1.43. The molecule has 0 unspecified atom stereocenters. The molecule has 9 heteroatoms. The van der Waals surface area contributed by atoms with Gasteiger partial charge in [-0.15, -0.1) is 0 Å². The van der Waals surface area contributed by atoms with Gasteiger partial charge in [-0.2, -0.15) is 0 Å². The van der Waals surface area contributed by atoms with Gasteiger partial charge in [-0.3, -0.25) is 19.8 Å². The van der Waals surface area contributed by atoms with Crippen molar-refractivity contribution < 1.29 is 24.6 Å². The molecule has 9 nitrogen and oxygen atoms in total. The molecule has 0 aliphatic rings. The van der Waals surface area contributed by atoms with Crippen LogP contribution in [0.2, 0.25) is 0 Å². The van der Waals surface area contributed by atoms with Gasteiger partial charge in [0.25, 0.3) is 0 Å². The molecule has 0 aromatic heterocycles. The molecule has 0 aliphatic heterocycles. The molecule has 0 heterocycles. The molecule has 2 atom stereocenters. The smallest absolute Gasteiger partial charge is 0.322 e. The van der Waals surface area contributed by atoms with Crippen LogP contribution in [0, 0.1) is 0 Å². The van der Waals surface area contributed by atoms with E-state index in [-0.39, 0.29) is 19.3 Å². The van der Waals surface area contributed by atoms with E-state index in [4.69, 9.17) is 21.7 Å². The predicted octanol–water partition coefficient (Wildman–Crippen LogP) is -2.01. The number of carbonyl (C=O) groups is 3. The number of nitrogens with two attached hydrogens (primary N) is 2. The molecule has 0 aliphatic carbocycles. The van der Waals surface area contributed by atoms with Crippen LogP contribution in [0.1, 0.15) is 25.7 Å². The Balaban J connectivity index is 4.34. The lowest BCUT2D eigenvalue weighted by Crippen LogP contribution is -2.51. The average molecular weight is 276 g/mol. The summed E-state index contributed by atoms with van der Waals surface area (Å²) in [5.41, 5.74) is 15.3. The first kappa shape index (κ1) is 17.3. The minimum atomic E-state index is -1.12. The van der Waals surface area contributed by atoms with Crippen LogP contribution >= 0.6 is 0 Å². The second-order valence-corrected chi connectivity index (χ2v) is 4.08. The average Bonchev–Trinajstić information content (AvgIpc) is 2.26. The van der Waals surface area contributed by atoms with Gasteiger partial charge in [0.15, 0.2) is 0 Å². The summed E-state index contributed by atoms with van der Waals surface area (Å²) >= 11 is 0. The number of amides is 1. The van der Waals surface area contributed by atoms with E-state index in [9.17, 15) is 14.4 Å². The third-order valence-electron chi connectivity index (χ3n) is 2.33. The molecule has 110 valence electrons. The summed E-state index contributed by atoms with van der Waals surface area (Å²) in [4.78, 5) is 32.3. The minimum Gasteiger partial charge on any atom is -0.481 e. The maximum absolute atomic E-state index is 10.9. The van der Waals surface area contributed by atoms with Gasteiger partial charge in [-0.05, 0) is 19.4 Å². The van der Waals surface area contributed by atoms with Gasteiger partial charge in [-0.1, -0.05) is 0 Å². The topological polar surface area (TPSA) is 168 Å². The van der Waals surface area contributed by atoms with E-state index in [0.717, 1.165) is 0 Å². The third-order valence-corrected chi connectivity index (χ3v) is 2.33. The Bertz CT molecular complexity index is 307. The number of hydrogen-bond donors (Lipinski definition) is 6. The molecule has 0 aromatic carbocycles. The van der Waals surface area contributed by atoms with Gasteiger partial charge in [-0.25, -0.2) is 5.43 Å². The zero-order valence-corrected chi connectivity index (χ0v) is 10.5. The van der Waals surface area contributed by atoms with Crippen LogP contribution in [0.5, 0.6) is 0 Å². The van der Waals surface area contributed by atoms with Gasteiger partial charge in [0.2, 0.25) is 5.91 Å². The molecule has 0 spiro atoms. The lowest BCUT2D eigenvalue weighted by molar-refractivity contribution is -0.140. The van der Waals surface area contributed by atoms with E-state index in [0.29, 0.717) is 13.0 Å². The molecule has 1 amide bonds. The standard InChI is InChI=1S/C10H20N4O5/c11-3-1-2-7(10(18)19)14-13-6(4-8(12)15)5-9(16)17/h6-7,13-14H,1-5,11H2,(H2,12,15)(H,16,17)(H,18,19)/t6-,7+/m0/s1. The summed E-state index contributed by atoms with van der Waals surface area (Å²) in [6.07, 6.45) is 0.238. The zero-order valence-electron chi connectivity index (χ0n) is 10.5. The van der Waals surface area contributed by atoms with Crippen molar-refractivity contribution in [3.05, 3.63) is 0 Å². The molecule has 0 fully saturated rings. The van der Waals surface area contributed by atoms with Crippen molar-refractivity contribution in [2.45, 2.75) is 37.8 Å².